The molecule has 0 radical (unpaired) electrons. The van der Waals surface area contributed by atoms with Gasteiger partial charge in [-0.25, -0.2) is 4.39 Å². The van der Waals surface area contributed by atoms with Crippen LogP contribution in [0.2, 0.25) is 0 Å². The number of nitrogens with one attached hydrogen (secondary N) is 2. The van der Waals surface area contributed by atoms with E-state index in [2.05, 4.69) is 22.5 Å². The first-order chi connectivity index (χ1) is 12.7. The summed E-state index contributed by atoms with van der Waals surface area (Å²) < 4.78 is 18.7. The average Bonchev–Trinajstić information content (AvgIpc) is 3.49. The zero-order valence-corrected chi connectivity index (χ0v) is 15.9. The van der Waals surface area contributed by atoms with Gasteiger partial charge in [0.15, 0.2) is 5.96 Å². The van der Waals surface area contributed by atoms with Crippen LogP contribution in [0.4, 0.5) is 4.39 Å². The van der Waals surface area contributed by atoms with E-state index in [0.29, 0.717) is 12.6 Å². The highest BCUT2D eigenvalue weighted by Gasteiger charge is 2.31. The Morgan fingerprint density at radius 1 is 1.23 bits per heavy atom. The van der Waals surface area contributed by atoms with Crippen LogP contribution in [0.3, 0.4) is 0 Å². The number of likely N-dealkylation sites (tertiary alicyclic amines) is 1. The number of nitrogens with zero attached hydrogens (tertiary/aromatic N) is 2. The molecule has 2 aliphatic rings. The van der Waals surface area contributed by atoms with Gasteiger partial charge < -0.3 is 20.3 Å². The predicted molar refractivity (Wildman–Crippen MR) is 103 cm³/mol. The number of halogens is 1. The Labute approximate surface area is 156 Å². The first-order valence-electron chi connectivity index (χ1n) is 9.76. The number of methoxy groups -OCH3 is 1. The van der Waals surface area contributed by atoms with Crippen molar-refractivity contribution in [2.75, 3.05) is 33.3 Å². The van der Waals surface area contributed by atoms with Gasteiger partial charge in [-0.15, -0.1) is 0 Å². The topological polar surface area (TPSA) is 48.9 Å². The van der Waals surface area contributed by atoms with E-state index in [1.165, 1.54) is 38.1 Å². The Morgan fingerprint density at radius 3 is 2.50 bits per heavy atom. The van der Waals surface area contributed by atoms with Crippen molar-refractivity contribution in [3.8, 4) is 0 Å². The Kier molecular flexibility index (Phi) is 6.86. The van der Waals surface area contributed by atoms with Gasteiger partial charge in [-0.05, 0) is 50.3 Å². The van der Waals surface area contributed by atoms with E-state index < -0.39 is 0 Å². The number of aliphatic imine (C=N–C) groups is 1. The van der Waals surface area contributed by atoms with E-state index in [9.17, 15) is 4.39 Å². The first-order valence-corrected chi connectivity index (χ1v) is 9.76. The molecule has 5 nitrogen and oxygen atoms in total. The highest BCUT2D eigenvalue weighted by atomic mass is 19.1. The molecule has 6 heteroatoms. The first kappa shape index (κ1) is 19.1. The number of hydrogen-bond acceptors (Lipinski definition) is 3. The summed E-state index contributed by atoms with van der Waals surface area (Å²) in [7, 11) is 1.66. The molecule has 1 saturated heterocycles. The van der Waals surface area contributed by atoms with Crippen molar-refractivity contribution < 1.29 is 9.13 Å². The van der Waals surface area contributed by atoms with Gasteiger partial charge in [-0.2, -0.15) is 0 Å². The molecule has 2 N–H and O–H groups in total. The number of hydrogen-bond donors (Lipinski definition) is 2. The molecule has 1 unspecified atom stereocenters. The van der Waals surface area contributed by atoms with Crippen LogP contribution >= 0.6 is 0 Å². The zero-order chi connectivity index (χ0) is 18.4. The van der Waals surface area contributed by atoms with E-state index in [4.69, 9.17) is 9.73 Å². The van der Waals surface area contributed by atoms with Gasteiger partial charge in [0.05, 0.1) is 6.54 Å². The normalized spacial score (nSPS) is 20.8. The minimum absolute atomic E-state index is 0.178. The molecule has 0 amide bonds. The second kappa shape index (κ2) is 9.33. The summed E-state index contributed by atoms with van der Waals surface area (Å²) >= 11 is 0. The molecule has 0 aromatic heterocycles. The number of piperidine rings is 1. The molecule has 26 heavy (non-hydrogen) atoms. The van der Waals surface area contributed by atoms with E-state index in [0.717, 1.165) is 37.0 Å². The van der Waals surface area contributed by atoms with Crippen LogP contribution in [0.5, 0.6) is 0 Å². The predicted octanol–water partition coefficient (Wildman–Crippen LogP) is 2.70. The van der Waals surface area contributed by atoms with Crippen molar-refractivity contribution in [1.82, 2.24) is 15.5 Å². The lowest BCUT2D eigenvalue weighted by Crippen LogP contribution is -2.49. The summed E-state index contributed by atoms with van der Waals surface area (Å²) in [6.07, 6.45) is 4.90. The van der Waals surface area contributed by atoms with E-state index in [-0.39, 0.29) is 11.9 Å². The Bertz CT molecular complexity index is 580. The van der Waals surface area contributed by atoms with Crippen molar-refractivity contribution in [1.29, 1.82) is 0 Å². The number of rotatable bonds is 7. The molecular formula is C20H31FN4O. The van der Waals surface area contributed by atoms with Gasteiger partial charge in [-0.1, -0.05) is 12.1 Å². The fourth-order valence-corrected chi connectivity index (χ4v) is 3.53. The van der Waals surface area contributed by atoms with Crippen molar-refractivity contribution in [3.05, 3.63) is 35.6 Å². The number of benzene rings is 1. The third-order valence-electron chi connectivity index (χ3n) is 5.22. The molecule has 1 aromatic rings. The Hall–Kier alpha value is -1.66. The number of ether oxygens (including phenoxy) is 1. The maximum Gasteiger partial charge on any atom is 0.191 e. The van der Waals surface area contributed by atoms with Crippen molar-refractivity contribution in [3.63, 3.8) is 0 Å². The molecule has 1 atom stereocenters. The summed E-state index contributed by atoms with van der Waals surface area (Å²) in [6, 6.07) is 7.76. The minimum atomic E-state index is -0.236. The monoisotopic (exact) mass is 362 g/mol. The lowest BCUT2D eigenvalue weighted by molar-refractivity contribution is 0.110. The molecule has 144 valence electrons. The SMILES string of the molecule is CCNC(=NCC(OC)c1ccc(F)cc1)NC1CCN(C2CC2)CC1. The Morgan fingerprint density at radius 2 is 1.92 bits per heavy atom. The van der Waals surface area contributed by atoms with Crippen molar-refractivity contribution >= 4 is 5.96 Å². The van der Waals surface area contributed by atoms with Gasteiger partial charge >= 0.3 is 0 Å². The van der Waals surface area contributed by atoms with Crippen LogP contribution < -0.4 is 10.6 Å². The smallest absolute Gasteiger partial charge is 0.191 e. The van der Waals surface area contributed by atoms with Gasteiger partial charge in [-0.3, -0.25) is 4.99 Å². The molecule has 0 spiro atoms. The quantitative estimate of drug-likeness (QED) is 0.578. The minimum Gasteiger partial charge on any atom is -0.375 e. The summed E-state index contributed by atoms with van der Waals surface area (Å²) in [6.45, 7) is 5.75. The van der Waals surface area contributed by atoms with Crippen LogP contribution in [0.15, 0.2) is 29.3 Å². The maximum atomic E-state index is 13.1. The molecular weight excluding hydrogens is 331 g/mol. The molecule has 1 aliphatic carbocycles. The lowest BCUT2D eigenvalue weighted by Gasteiger charge is -2.33. The van der Waals surface area contributed by atoms with Crippen molar-refractivity contribution in [2.45, 2.75) is 50.8 Å². The molecule has 1 aliphatic heterocycles. The van der Waals surface area contributed by atoms with E-state index in [1.807, 2.05) is 0 Å². The van der Waals surface area contributed by atoms with Crippen molar-refractivity contribution in [2.24, 2.45) is 4.99 Å². The third-order valence-corrected chi connectivity index (χ3v) is 5.22. The molecule has 3 rings (SSSR count). The second-order valence-corrected chi connectivity index (χ2v) is 7.18. The number of guanidine groups is 1. The van der Waals surface area contributed by atoms with E-state index in [1.54, 1.807) is 19.2 Å². The van der Waals surface area contributed by atoms with Gasteiger partial charge in [0, 0.05) is 38.8 Å². The lowest BCUT2D eigenvalue weighted by atomic mass is 10.1. The Balaban J connectivity index is 1.54. The van der Waals surface area contributed by atoms with Gasteiger partial charge in [0.1, 0.15) is 11.9 Å². The second-order valence-electron chi connectivity index (χ2n) is 7.18. The molecule has 0 bridgehead atoms. The summed E-state index contributed by atoms with van der Waals surface area (Å²) in [5.74, 6) is 0.598. The molecule has 2 fully saturated rings. The van der Waals surface area contributed by atoms with Crippen LogP contribution in [0.1, 0.15) is 44.3 Å². The fraction of sp³-hybridized carbons (Fsp3) is 0.650. The van der Waals surface area contributed by atoms with Crippen LogP contribution in [0.25, 0.3) is 0 Å². The molecule has 1 aromatic carbocycles. The summed E-state index contributed by atoms with van der Waals surface area (Å²) in [4.78, 5) is 7.33. The highest BCUT2D eigenvalue weighted by Crippen LogP contribution is 2.29. The maximum absolute atomic E-state index is 13.1. The fourth-order valence-electron chi connectivity index (χ4n) is 3.53. The van der Waals surface area contributed by atoms with Gasteiger partial charge in [0.25, 0.3) is 0 Å². The largest absolute Gasteiger partial charge is 0.375 e. The van der Waals surface area contributed by atoms with Crippen LogP contribution in [-0.2, 0) is 4.74 Å². The standard InChI is InChI=1S/C20H31FN4O/c1-3-22-20(24-17-10-12-25(13-11-17)18-8-9-18)23-14-19(26-2)15-4-6-16(21)7-5-15/h4-7,17-19H,3,8-14H2,1-2H3,(H2,22,23,24). The van der Waals surface area contributed by atoms with Crippen LogP contribution in [0, 0.1) is 5.82 Å². The highest BCUT2D eigenvalue weighted by molar-refractivity contribution is 5.80. The van der Waals surface area contributed by atoms with E-state index >= 15 is 0 Å². The summed E-state index contributed by atoms with van der Waals surface area (Å²) in [5, 5.41) is 6.90. The molecule has 1 heterocycles. The van der Waals surface area contributed by atoms with Gasteiger partial charge in [0.2, 0.25) is 0 Å². The summed E-state index contributed by atoms with van der Waals surface area (Å²) in [5.41, 5.74) is 0.936. The molecule has 1 saturated carbocycles. The third kappa shape index (κ3) is 5.42. The van der Waals surface area contributed by atoms with Crippen LogP contribution in [-0.4, -0.2) is 56.2 Å². The zero-order valence-electron chi connectivity index (χ0n) is 15.9. The average molecular weight is 362 g/mol.